The van der Waals surface area contributed by atoms with Gasteiger partial charge in [-0.25, -0.2) is 19.2 Å². The second-order valence-corrected chi connectivity index (χ2v) is 36.3. The molecule has 0 radical (unpaired) electrons. The number of amides is 5. The van der Waals surface area contributed by atoms with Crippen molar-refractivity contribution < 1.29 is 78.8 Å². The number of non-ortho nitro benzene ring substituents is 2. The molecule has 3 aliphatic heterocycles. The van der Waals surface area contributed by atoms with Crippen LogP contribution in [-0.4, -0.2) is 141 Å². The highest BCUT2D eigenvalue weighted by atomic mass is 35.5. The minimum Gasteiger partial charge on any atom is -0.444 e. The quantitative estimate of drug-likeness (QED) is 0.0155. The average Bonchev–Trinajstić information content (AvgIpc) is 0.804. The molecular formula is C94H96Cl3F6N13O18. The second kappa shape index (κ2) is 42.1. The molecule has 31 nitrogen and oxygen atoms in total. The van der Waals surface area contributed by atoms with Crippen LogP contribution in [0.15, 0.2) is 217 Å². The Morgan fingerprint density at radius 3 is 1.15 bits per heavy atom. The number of nitro benzene ring substituents is 2. The molecule has 1 atom stereocenters. The summed E-state index contributed by atoms with van der Waals surface area (Å²) in [6.07, 6.45) is -3.14. The minimum absolute atomic E-state index is 0.0458. The van der Waals surface area contributed by atoms with Crippen molar-refractivity contribution in [3.63, 3.8) is 0 Å². The number of nitrogens with zero attached hydrogens (tertiary/aromatic N) is 9. The van der Waals surface area contributed by atoms with E-state index in [0.717, 1.165) is 35.9 Å². The van der Waals surface area contributed by atoms with Gasteiger partial charge in [0.2, 0.25) is 11.8 Å². The number of fused-ring (bicyclic) bond motifs is 5. The number of aromatic nitrogens is 4. The first-order chi connectivity index (χ1) is 62.9. The fraction of sp³-hybridized carbons (Fsp3) is 0.340. The Morgan fingerprint density at radius 1 is 0.455 bits per heavy atom. The summed E-state index contributed by atoms with van der Waals surface area (Å²) in [5.41, 5.74) is 8.11. The highest BCUT2D eigenvalue weighted by molar-refractivity contribution is 6.31. The average molecular weight is 1920 g/mol. The second-order valence-electron chi connectivity index (χ2n) is 35.2. The van der Waals surface area contributed by atoms with E-state index in [0.29, 0.717) is 138 Å². The van der Waals surface area contributed by atoms with Crippen LogP contribution in [0.3, 0.4) is 0 Å². The summed E-state index contributed by atoms with van der Waals surface area (Å²) >= 11 is 17.1. The standard InChI is InChI=1S/C27H27ClF3N3O4.C22H20Cl2F3N3O2.C18H21N3O5.C18H23N3O3.C9H5NO4/c1-26(2,3)38-25(37)34-14-17(15-34)13-33-10-9-18-19(24(33)36)5-4-6-22(18)32-23(35)12-16-7-8-21(28)20(11-16)27(29,30)31;23-10-14(11-28)12-30-7-6-15-16(21(30)32)2-1-3-19(15)29-20(31)9-13-4-5-18(24)17(8-13)22(25,26)27;1-18(2,3)26-17(23)20-10-12(11-20)9-19-8-7-13-14(16(19)22)5-4-6-15(13)21(24)25;1-18(2,3)24-17(23)21-10-12(11-21)9-20-8-7-13-14(16(20)22)5-4-6-15(13)19;11-9-7-2-1-3-8(10(12)13)6(7)4-5-14-9/h4-11,17H,12-15H2,1-3H3,(H,32,35);1-8,14H,9-12,28H2,(H,29,31);4-8,12H,9-11H2,1-3H3;4-8,12H,9-11,19H2,1-3H3;1-5H. The molecule has 3 aliphatic rings. The molecule has 7 aromatic carbocycles. The largest absolute Gasteiger partial charge is 0.444 e. The zero-order valence-electron chi connectivity index (χ0n) is 74.0. The van der Waals surface area contributed by atoms with Gasteiger partial charge < -0.3 is 73.7 Å². The zero-order chi connectivity index (χ0) is 98.0. The Kier molecular flexibility index (Phi) is 31.7. The SMILES string of the molecule is CC(C)(C)OC(=O)N1CC(Cn2ccc3c(N)cccc3c2=O)C1.CC(C)(C)OC(=O)N1CC(Cn2ccc3c(NC(=O)Cc4ccc(Cl)c(C(F)(F)F)c4)cccc3c2=O)C1.CC(C)(C)OC(=O)N1CC(Cn2ccc3c([N+](=O)[O-])cccc3c2=O)C1.NCC(CCl)Cn1ccc2c(NC(=O)Cc3ccc(Cl)c(C(F)(F)F)c3)cccc2c1=O.O=c1occc2c([N+](=O)[O-])cccc12. The molecule has 134 heavy (non-hydrogen) atoms. The van der Waals surface area contributed by atoms with Gasteiger partial charge in [-0.1, -0.05) is 65.7 Å². The lowest BCUT2D eigenvalue weighted by Gasteiger charge is -2.40. The molecule has 0 bridgehead atoms. The van der Waals surface area contributed by atoms with Crippen LogP contribution in [0.2, 0.25) is 10.0 Å². The molecule has 5 aromatic heterocycles. The summed E-state index contributed by atoms with van der Waals surface area (Å²) in [6.45, 7) is 21.8. The maximum Gasteiger partial charge on any atom is 0.417 e. The maximum atomic E-state index is 13.1. The van der Waals surface area contributed by atoms with E-state index in [1.807, 2.05) is 47.6 Å². The Bertz CT molecular complexity index is 6780. The van der Waals surface area contributed by atoms with Crippen LogP contribution >= 0.6 is 34.8 Å². The number of benzene rings is 7. The number of carbonyl (C=O) groups is 5. The first-order valence-electron chi connectivity index (χ1n) is 42.0. The third kappa shape index (κ3) is 25.8. The number of likely N-dealkylation sites (tertiary alicyclic amines) is 3. The van der Waals surface area contributed by atoms with Gasteiger partial charge in [0.25, 0.3) is 33.6 Å². The number of nitrogens with two attached hydrogens (primary N) is 2. The van der Waals surface area contributed by atoms with Crippen LogP contribution in [0.5, 0.6) is 0 Å². The van der Waals surface area contributed by atoms with Gasteiger partial charge in [-0.2, -0.15) is 26.3 Å². The van der Waals surface area contributed by atoms with Gasteiger partial charge >= 0.3 is 36.3 Å². The van der Waals surface area contributed by atoms with Crippen molar-refractivity contribution in [1.82, 2.24) is 33.0 Å². The number of ether oxygens (including phenoxy) is 3. The van der Waals surface area contributed by atoms with Crippen molar-refractivity contribution in [2.45, 2.75) is 130 Å². The first kappa shape index (κ1) is 101. The number of rotatable bonds is 18. The first-order valence-corrected chi connectivity index (χ1v) is 43.3. The number of halogens is 9. The highest BCUT2D eigenvalue weighted by Crippen LogP contribution is 2.38. The topological polar surface area (TPSA) is 403 Å². The molecule has 8 heterocycles. The van der Waals surface area contributed by atoms with Gasteiger partial charge in [0.15, 0.2) is 0 Å². The minimum atomic E-state index is -4.63. The lowest BCUT2D eigenvalue weighted by atomic mass is 10.0. The van der Waals surface area contributed by atoms with Gasteiger partial charge in [-0.3, -0.25) is 49.0 Å². The zero-order valence-corrected chi connectivity index (χ0v) is 76.3. The van der Waals surface area contributed by atoms with E-state index in [1.54, 1.807) is 153 Å². The highest BCUT2D eigenvalue weighted by Gasteiger charge is 2.39. The van der Waals surface area contributed by atoms with Crippen molar-refractivity contribution in [3.05, 3.63) is 293 Å². The Morgan fingerprint density at radius 2 is 0.784 bits per heavy atom. The van der Waals surface area contributed by atoms with Crippen LogP contribution < -0.4 is 50.0 Å². The van der Waals surface area contributed by atoms with E-state index in [1.165, 1.54) is 53.1 Å². The molecule has 0 spiro atoms. The normalized spacial score (nSPS) is 13.8. The summed E-state index contributed by atoms with van der Waals surface area (Å²) < 4.78 is 105. The van der Waals surface area contributed by atoms with Crippen molar-refractivity contribution in [2.24, 2.45) is 29.4 Å². The summed E-state index contributed by atoms with van der Waals surface area (Å²) in [6, 6.07) is 38.9. The van der Waals surface area contributed by atoms with Crippen LogP contribution in [0.1, 0.15) is 84.6 Å². The lowest BCUT2D eigenvalue weighted by Crippen LogP contribution is -2.53. The molecule has 3 fully saturated rings. The van der Waals surface area contributed by atoms with Crippen LogP contribution in [0.4, 0.5) is 69.2 Å². The van der Waals surface area contributed by atoms with E-state index < -0.39 is 77.6 Å². The maximum absolute atomic E-state index is 13.1. The van der Waals surface area contributed by atoms with Gasteiger partial charge in [-0.05, 0) is 183 Å². The van der Waals surface area contributed by atoms with Crippen LogP contribution in [0, 0.1) is 43.9 Å². The van der Waals surface area contributed by atoms with Crippen molar-refractivity contribution >= 4 is 147 Å². The fourth-order valence-corrected chi connectivity index (χ4v) is 15.5. The summed E-state index contributed by atoms with van der Waals surface area (Å²) in [5, 5.41) is 30.6. The van der Waals surface area contributed by atoms with E-state index >= 15 is 0 Å². The predicted octanol–water partition coefficient (Wildman–Crippen LogP) is 17.3. The van der Waals surface area contributed by atoms with Crippen molar-refractivity contribution in [2.75, 3.05) is 68.1 Å². The van der Waals surface area contributed by atoms with Crippen LogP contribution in [-0.2, 0) is 75.2 Å². The monoisotopic (exact) mass is 1910 g/mol. The Balaban J connectivity index is 0.000000166. The van der Waals surface area contributed by atoms with Gasteiger partial charge in [0.05, 0.1) is 71.7 Å². The molecule has 0 saturated carbocycles. The Labute approximate surface area is 775 Å². The number of nitrogens with one attached hydrogen (secondary N) is 2. The summed E-state index contributed by atoms with van der Waals surface area (Å²) in [5.74, 6) is -0.295. The number of hydrogen-bond donors (Lipinski definition) is 4. The molecular weight excluding hydrogens is 1820 g/mol. The molecule has 12 aromatic rings. The number of alkyl halides is 7. The fourth-order valence-electron chi connectivity index (χ4n) is 14.9. The van der Waals surface area contributed by atoms with E-state index in [4.69, 9.17) is 60.5 Å². The lowest BCUT2D eigenvalue weighted by molar-refractivity contribution is -0.383. The molecule has 708 valence electrons. The predicted molar refractivity (Wildman–Crippen MR) is 498 cm³/mol. The van der Waals surface area contributed by atoms with Gasteiger partial charge in [0.1, 0.15) is 16.8 Å². The van der Waals surface area contributed by atoms with Crippen LogP contribution in [0.25, 0.3) is 53.9 Å². The molecule has 15 rings (SSSR count). The molecule has 0 aliphatic carbocycles. The van der Waals surface area contributed by atoms with E-state index in [-0.39, 0.29) is 105 Å². The third-order valence-electron chi connectivity index (χ3n) is 21.3. The third-order valence-corrected chi connectivity index (χ3v) is 22.4. The van der Waals surface area contributed by atoms with E-state index in [9.17, 15) is 94.5 Å². The number of carbonyl (C=O) groups excluding carboxylic acids is 5. The smallest absolute Gasteiger partial charge is 0.417 e. The van der Waals surface area contributed by atoms with E-state index in [2.05, 4.69) is 15.1 Å². The van der Waals surface area contributed by atoms with Crippen molar-refractivity contribution in [1.29, 1.82) is 0 Å². The number of anilines is 3. The summed E-state index contributed by atoms with van der Waals surface area (Å²) in [7, 11) is 0. The Hall–Kier alpha value is -13.7. The number of nitro groups is 2. The molecule has 3 saturated heterocycles. The number of nitrogen functional groups attached to an aromatic ring is 1. The molecule has 1 unspecified atom stereocenters. The summed E-state index contributed by atoms with van der Waals surface area (Å²) in [4.78, 5) is 149. The number of hydrogen-bond acceptors (Lipinski definition) is 20. The van der Waals surface area contributed by atoms with Gasteiger partial charge in [-0.15, -0.1) is 11.6 Å². The van der Waals surface area contributed by atoms with Crippen molar-refractivity contribution in [3.8, 4) is 0 Å². The molecule has 5 amide bonds. The van der Waals surface area contributed by atoms with Gasteiger partial charge in [0, 0.05) is 181 Å². The molecule has 6 N–H and O–H groups in total. The number of pyridine rings is 4. The molecule has 40 heteroatoms.